The van der Waals surface area contributed by atoms with Crippen LogP contribution < -0.4 is 11.1 Å². The number of amides is 1. The summed E-state index contributed by atoms with van der Waals surface area (Å²) in [6, 6.07) is 10.7. The highest BCUT2D eigenvalue weighted by atomic mass is 19.4. The van der Waals surface area contributed by atoms with Crippen molar-refractivity contribution < 1.29 is 18.0 Å². The number of alkyl halides is 3. The summed E-state index contributed by atoms with van der Waals surface area (Å²) in [6.07, 6.45) is -5.27. The summed E-state index contributed by atoms with van der Waals surface area (Å²) in [5.74, 6) is -0.458. The van der Waals surface area contributed by atoms with Crippen LogP contribution in [0.5, 0.6) is 0 Å². The van der Waals surface area contributed by atoms with Gasteiger partial charge in [-0.05, 0) is 29.3 Å². The van der Waals surface area contributed by atoms with Gasteiger partial charge in [-0.1, -0.05) is 24.3 Å². The molecule has 0 spiro atoms. The van der Waals surface area contributed by atoms with E-state index in [1.165, 1.54) is 0 Å². The molecule has 1 amide bonds. The van der Waals surface area contributed by atoms with E-state index >= 15 is 0 Å². The highest BCUT2D eigenvalue weighted by Gasteiger charge is 2.26. The average Bonchev–Trinajstić information content (AvgIpc) is 2.41. The monoisotopic (exact) mass is 296 g/mol. The number of benzene rings is 2. The zero-order valence-electron chi connectivity index (χ0n) is 11.2. The highest BCUT2D eigenvalue weighted by molar-refractivity contribution is 6.03. The minimum Gasteiger partial charge on any atom is -0.398 e. The van der Waals surface area contributed by atoms with Crippen LogP contribution in [0.25, 0.3) is 10.8 Å². The van der Waals surface area contributed by atoms with Crippen molar-refractivity contribution in [3.8, 4) is 0 Å². The van der Waals surface area contributed by atoms with Gasteiger partial charge < -0.3 is 11.1 Å². The van der Waals surface area contributed by atoms with Crippen molar-refractivity contribution in [2.24, 2.45) is 0 Å². The number of carbonyl (C=O) groups is 1. The van der Waals surface area contributed by atoms with Crippen molar-refractivity contribution >= 4 is 22.4 Å². The molecule has 2 aromatic carbocycles. The van der Waals surface area contributed by atoms with E-state index < -0.39 is 18.5 Å². The van der Waals surface area contributed by atoms with E-state index in [9.17, 15) is 18.0 Å². The second-order valence-electron chi connectivity index (χ2n) is 4.76. The van der Waals surface area contributed by atoms with E-state index in [0.717, 1.165) is 10.8 Å². The topological polar surface area (TPSA) is 55.1 Å². The second kappa shape index (κ2) is 6.03. The zero-order valence-corrected chi connectivity index (χ0v) is 11.2. The maximum atomic E-state index is 12.0. The molecule has 0 aliphatic heterocycles. The number of hydrogen-bond donors (Lipinski definition) is 2. The Bertz CT molecular complexity index is 653. The molecule has 0 heterocycles. The van der Waals surface area contributed by atoms with Crippen LogP contribution in [0.1, 0.15) is 23.2 Å². The molecule has 0 unspecified atom stereocenters. The van der Waals surface area contributed by atoms with Crippen LogP contribution in [0.2, 0.25) is 0 Å². The molecule has 0 atom stereocenters. The van der Waals surface area contributed by atoms with Gasteiger partial charge in [0.15, 0.2) is 0 Å². The summed E-state index contributed by atoms with van der Waals surface area (Å²) < 4.78 is 36.0. The molecular formula is C15H15F3N2O. The normalized spacial score (nSPS) is 11.6. The van der Waals surface area contributed by atoms with Gasteiger partial charge in [0.1, 0.15) is 0 Å². The fraction of sp³-hybridized carbons (Fsp3) is 0.267. The first kappa shape index (κ1) is 15.2. The van der Waals surface area contributed by atoms with Crippen LogP contribution in [0.3, 0.4) is 0 Å². The van der Waals surface area contributed by atoms with Crippen LogP contribution in [-0.4, -0.2) is 18.6 Å². The van der Waals surface area contributed by atoms with E-state index in [2.05, 4.69) is 5.32 Å². The van der Waals surface area contributed by atoms with Gasteiger partial charge in [0.25, 0.3) is 5.91 Å². The first-order valence-corrected chi connectivity index (χ1v) is 6.50. The third kappa shape index (κ3) is 4.11. The lowest BCUT2D eigenvalue weighted by Crippen LogP contribution is -2.26. The molecule has 21 heavy (non-hydrogen) atoms. The van der Waals surface area contributed by atoms with Gasteiger partial charge in [0, 0.05) is 18.7 Å². The summed E-state index contributed by atoms with van der Waals surface area (Å²) >= 11 is 0. The third-order valence-electron chi connectivity index (χ3n) is 3.09. The number of nitrogen functional groups attached to an aromatic ring is 1. The smallest absolute Gasteiger partial charge is 0.389 e. The maximum absolute atomic E-state index is 12.0. The van der Waals surface area contributed by atoms with E-state index in [4.69, 9.17) is 5.73 Å². The number of rotatable bonds is 4. The minimum absolute atomic E-state index is 0.0371. The summed E-state index contributed by atoms with van der Waals surface area (Å²) in [4.78, 5) is 12.0. The Labute approximate surface area is 119 Å². The number of anilines is 1. The lowest BCUT2D eigenvalue weighted by molar-refractivity contribution is -0.135. The lowest BCUT2D eigenvalue weighted by atomic mass is 10.0. The fourth-order valence-corrected chi connectivity index (χ4v) is 2.04. The molecule has 0 radical (unpaired) electrons. The Kier molecular flexibility index (Phi) is 4.35. The Balaban J connectivity index is 2.04. The molecule has 0 bridgehead atoms. The van der Waals surface area contributed by atoms with Crippen molar-refractivity contribution in [3.05, 3.63) is 42.0 Å². The first-order valence-electron chi connectivity index (χ1n) is 6.50. The molecular weight excluding hydrogens is 281 g/mol. The average molecular weight is 296 g/mol. The number of halogens is 3. The van der Waals surface area contributed by atoms with Crippen LogP contribution in [-0.2, 0) is 0 Å². The van der Waals surface area contributed by atoms with Gasteiger partial charge in [0.05, 0.1) is 5.56 Å². The van der Waals surface area contributed by atoms with Crippen LogP contribution in [0.4, 0.5) is 18.9 Å². The van der Waals surface area contributed by atoms with Gasteiger partial charge in [-0.3, -0.25) is 4.79 Å². The standard InChI is InChI=1S/C15H15F3N2O/c16-15(17,18)6-3-7-20-14(21)12-8-10-4-1-2-5-11(10)9-13(12)19/h1-2,4-5,8-9H,3,6-7,19H2,(H,20,21). The molecule has 0 aliphatic rings. The summed E-state index contributed by atoms with van der Waals surface area (Å²) in [6.45, 7) is -0.0371. The first-order chi connectivity index (χ1) is 9.87. The molecule has 0 fully saturated rings. The van der Waals surface area contributed by atoms with E-state index in [-0.39, 0.29) is 18.5 Å². The fourth-order valence-electron chi connectivity index (χ4n) is 2.04. The molecule has 0 saturated heterocycles. The van der Waals surface area contributed by atoms with Gasteiger partial charge in [-0.15, -0.1) is 0 Å². The molecule has 0 aliphatic carbocycles. The lowest BCUT2D eigenvalue weighted by Gasteiger charge is -2.10. The van der Waals surface area contributed by atoms with Crippen LogP contribution in [0.15, 0.2) is 36.4 Å². The Hall–Kier alpha value is -2.24. The second-order valence-corrected chi connectivity index (χ2v) is 4.76. The molecule has 0 saturated carbocycles. The summed E-state index contributed by atoms with van der Waals surface area (Å²) in [5.41, 5.74) is 6.41. The van der Waals surface area contributed by atoms with Crippen LogP contribution >= 0.6 is 0 Å². The third-order valence-corrected chi connectivity index (χ3v) is 3.09. The predicted octanol–water partition coefficient (Wildman–Crippen LogP) is 3.49. The number of carbonyl (C=O) groups excluding carboxylic acids is 1. The van der Waals surface area contributed by atoms with Gasteiger partial charge in [0.2, 0.25) is 0 Å². The Morgan fingerprint density at radius 3 is 2.38 bits per heavy atom. The van der Waals surface area contributed by atoms with E-state index in [0.29, 0.717) is 5.69 Å². The number of hydrogen-bond acceptors (Lipinski definition) is 2. The maximum Gasteiger partial charge on any atom is 0.389 e. The van der Waals surface area contributed by atoms with Gasteiger partial charge in [-0.25, -0.2) is 0 Å². The van der Waals surface area contributed by atoms with Crippen molar-refractivity contribution in [2.45, 2.75) is 19.0 Å². The molecule has 3 N–H and O–H groups in total. The highest BCUT2D eigenvalue weighted by Crippen LogP contribution is 2.22. The zero-order chi connectivity index (χ0) is 15.5. The van der Waals surface area contributed by atoms with Gasteiger partial charge >= 0.3 is 6.18 Å². The summed E-state index contributed by atoms with van der Waals surface area (Å²) in [7, 11) is 0. The molecule has 112 valence electrons. The molecule has 0 aromatic heterocycles. The molecule has 3 nitrogen and oxygen atoms in total. The Morgan fingerprint density at radius 1 is 1.14 bits per heavy atom. The quantitative estimate of drug-likeness (QED) is 0.670. The van der Waals surface area contributed by atoms with Crippen molar-refractivity contribution in [2.75, 3.05) is 12.3 Å². The SMILES string of the molecule is Nc1cc2ccccc2cc1C(=O)NCCCC(F)(F)F. The number of nitrogens with two attached hydrogens (primary N) is 1. The van der Waals surface area contributed by atoms with Crippen molar-refractivity contribution in [1.29, 1.82) is 0 Å². The molecule has 2 aromatic rings. The van der Waals surface area contributed by atoms with Gasteiger partial charge in [-0.2, -0.15) is 13.2 Å². The Morgan fingerprint density at radius 2 is 1.76 bits per heavy atom. The number of nitrogens with one attached hydrogen (secondary N) is 1. The predicted molar refractivity (Wildman–Crippen MR) is 76.0 cm³/mol. The molecule has 6 heteroatoms. The van der Waals surface area contributed by atoms with Crippen molar-refractivity contribution in [1.82, 2.24) is 5.32 Å². The van der Waals surface area contributed by atoms with Crippen molar-refractivity contribution in [3.63, 3.8) is 0 Å². The van der Waals surface area contributed by atoms with E-state index in [1.807, 2.05) is 24.3 Å². The van der Waals surface area contributed by atoms with Crippen LogP contribution in [0, 0.1) is 0 Å². The minimum atomic E-state index is -4.20. The number of fused-ring (bicyclic) bond motifs is 1. The largest absolute Gasteiger partial charge is 0.398 e. The van der Waals surface area contributed by atoms with E-state index in [1.54, 1.807) is 12.1 Å². The summed E-state index contributed by atoms with van der Waals surface area (Å²) in [5, 5.41) is 4.22. The molecule has 2 rings (SSSR count).